The van der Waals surface area contributed by atoms with Gasteiger partial charge in [-0.3, -0.25) is 4.79 Å². The smallest absolute Gasteiger partial charge is 0.225 e. The predicted molar refractivity (Wildman–Crippen MR) is 84.9 cm³/mol. The number of piperazine rings is 1. The van der Waals surface area contributed by atoms with Gasteiger partial charge in [-0.1, -0.05) is 23.5 Å². The Morgan fingerprint density at radius 2 is 2.05 bits per heavy atom. The molecule has 21 heavy (non-hydrogen) atoms. The Bertz CT molecular complexity index is 587. The van der Waals surface area contributed by atoms with Gasteiger partial charge < -0.3 is 14.5 Å². The van der Waals surface area contributed by atoms with Gasteiger partial charge in [0.05, 0.1) is 23.2 Å². The number of methoxy groups -OCH3 is 1. The van der Waals surface area contributed by atoms with Crippen LogP contribution in [0.2, 0.25) is 0 Å². The fraction of sp³-hybridized carbons (Fsp3) is 0.467. The largest absolute Gasteiger partial charge is 0.384 e. The van der Waals surface area contributed by atoms with E-state index in [9.17, 15) is 4.79 Å². The van der Waals surface area contributed by atoms with E-state index in [1.54, 1.807) is 18.4 Å². The van der Waals surface area contributed by atoms with Crippen LogP contribution >= 0.6 is 11.3 Å². The van der Waals surface area contributed by atoms with Crippen molar-refractivity contribution in [3.05, 3.63) is 24.3 Å². The van der Waals surface area contributed by atoms with Crippen LogP contribution < -0.4 is 4.90 Å². The summed E-state index contributed by atoms with van der Waals surface area (Å²) in [5.74, 6) is 0.181. The van der Waals surface area contributed by atoms with Crippen LogP contribution in [0.3, 0.4) is 0 Å². The van der Waals surface area contributed by atoms with Gasteiger partial charge in [0.1, 0.15) is 0 Å². The van der Waals surface area contributed by atoms with E-state index < -0.39 is 0 Å². The highest BCUT2D eigenvalue weighted by Crippen LogP contribution is 2.29. The molecule has 0 unspecified atom stereocenters. The molecule has 5 nitrogen and oxygen atoms in total. The highest BCUT2D eigenvalue weighted by Gasteiger charge is 2.22. The van der Waals surface area contributed by atoms with Crippen LogP contribution in [0.4, 0.5) is 5.13 Å². The summed E-state index contributed by atoms with van der Waals surface area (Å²) in [7, 11) is 1.62. The third-order valence-electron chi connectivity index (χ3n) is 3.71. The number of aromatic nitrogens is 1. The zero-order valence-corrected chi connectivity index (χ0v) is 12.9. The lowest BCUT2D eigenvalue weighted by molar-refractivity contribution is -0.132. The first-order valence-corrected chi connectivity index (χ1v) is 7.97. The number of hydrogen-bond acceptors (Lipinski definition) is 5. The second-order valence-electron chi connectivity index (χ2n) is 5.07. The van der Waals surface area contributed by atoms with Crippen LogP contribution in [0, 0.1) is 0 Å². The number of carbonyl (C=O) groups excluding carboxylic acids is 1. The molecule has 0 bridgehead atoms. The molecule has 112 valence electrons. The highest BCUT2D eigenvalue weighted by atomic mass is 32.1. The van der Waals surface area contributed by atoms with Crippen LogP contribution in [0.15, 0.2) is 24.3 Å². The summed E-state index contributed by atoms with van der Waals surface area (Å²) in [6.07, 6.45) is 0.470. The van der Waals surface area contributed by atoms with Crippen LogP contribution in [-0.2, 0) is 9.53 Å². The summed E-state index contributed by atoms with van der Waals surface area (Å²) in [6.45, 7) is 3.71. The van der Waals surface area contributed by atoms with Crippen LogP contribution in [-0.4, -0.2) is 55.7 Å². The number of amides is 1. The maximum Gasteiger partial charge on any atom is 0.225 e. The van der Waals surface area contributed by atoms with Gasteiger partial charge in [0, 0.05) is 33.3 Å². The van der Waals surface area contributed by atoms with Crippen molar-refractivity contribution in [2.24, 2.45) is 0 Å². The van der Waals surface area contributed by atoms with Crippen LogP contribution in [0.1, 0.15) is 6.42 Å². The second-order valence-corrected chi connectivity index (χ2v) is 6.08. The molecule has 0 aliphatic carbocycles. The molecule has 0 radical (unpaired) electrons. The Morgan fingerprint density at radius 3 is 2.76 bits per heavy atom. The summed E-state index contributed by atoms with van der Waals surface area (Å²) in [4.78, 5) is 20.8. The summed E-state index contributed by atoms with van der Waals surface area (Å²) in [5.41, 5.74) is 1.05. The van der Waals surface area contributed by atoms with Crippen LogP contribution in [0.5, 0.6) is 0 Å². The maximum atomic E-state index is 12.0. The van der Waals surface area contributed by atoms with Crippen molar-refractivity contribution in [1.29, 1.82) is 0 Å². The van der Waals surface area contributed by atoms with Gasteiger partial charge in [0.25, 0.3) is 0 Å². The number of nitrogens with zero attached hydrogens (tertiary/aromatic N) is 3. The Morgan fingerprint density at radius 1 is 1.29 bits per heavy atom. The quantitative estimate of drug-likeness (QED) is 0.866. The summed E-state index contributed by atoms with van der Waals surface area (Å²) >= 11 is 1.72. The highest BCUT2D eigenvalue weighted by molar-refractivity contribution is 7.22. The number of benzene rings is 1. The van der Waals surface area contributed by atoms with Gasteiger partial charge in [0.2, 0.25) is 5.91 Å². The van der Waals surface area contributed by atoms with E-state index in [2.05, 4.69) is 16.0 Å². The lowest BCUT2D eigenvalue weighted by Gasteiger charge is -2.34. The van der Waals surface area contributed by atoms with Crippen molar-refractivity contribution in [2.45, 2.75) is 6.42 Å². The third-order valence-corrected chi connectivity index (χ3v) is 4.80. The Kier molecular flexibility index (Phi) is 4.36. The second kappa shape index (κ2) is 6.41. The average Bonchev–Trinajstić information content (AvgIpc) is 2.96. The molecule has 2 heterocycles. The number of hydrogen-bond donors (Lipinski definition) is 0. The minimum Gasteiger partial charge on any atom is -0.384 e. The van der Waals surface area contributed by atoms with Crippen molar-refractivity contribution >= 4 is 32.6 Å². The van der Waals surface area contributed by atoms with E-state index in [0.29, 0.717) is 13.0 Å². The van der Waals surface area contributed by atoms with Gasteiger partial charge in [-0.2, -0.15) is 0 Å². The number of fused-ring (bicyclic) bond motifs is 1. The predicted octanol–water partition coefficient (Wildman–Crippen LogP) is 1.98. The number of carbonyl (C=O) groups is 1. The first-order valence-electron chi connectivity index (χ1n) is 7.15. The normalized spacial score (nSPS) is 15.7. The molecule has 1 aromatic carbocycles. The van der Waals surface area contributed by atoms with Crippen molar-refractivity contribution in [3.8, 4) is 0 Å². The van der Waals surface area contributed by atoms with Crippen LogP contribution in [0.25, 0.3) is 10.2 Å². The van der Waals surface area contributed by atoms with Crippen molar-refractivity contribution < 1.29 is 9.53 Å². The summed E-state index contributed by atoms with van der Waals surface area (Å²) in [5, 5.41) is 1.06. The van der Waals surface area contributed by atoms with E-state index in [1.165, 1.54) is 4.70 Å². The number of thiazole rings is 1. The molecule has 1 saturated heterocycles. The lowest BCUT2D eigenvalue weighted by Crippen LogP contribution is -2.48. The average molecular weight is 305 g/mol. The summed E-state index contributed by atoms with van der Waals surface area (Å²) in [6, 6.07) is 8.19. The Hall–Kier alpha value is -1.66. The molecule has 0 atom stereocenters. The van der Waals surface area contributed by atoms with Gasteiger partial charge in [-0.05, 0) is 12.1 Å². The SMILES string of the molecule is COCCC(=O)N1CCN(c2nc3ccccc3s2)CC1. The van der Waals surface area contributed by atoms with Crippen molar-refractivity contribution in [2.75, 3.05) is 44.8 Å². The minimum absolute atomic E-state index is 0.181. The topological polar surface area (TPSA) is 45.7 Å². The van der Waals surface area contributed by atoms with E-state index in [0.717, 1.165) is 36.8 Å². The molecule has 1 aliphatic heterocycles. The number of anilines is 1. The fourth-order valence-corrected chi connectivity index (χ4v) is 3.51. The molecule has 0 N–H and O–H groups in total. The van der Waals surface area contributed by atoms with E-state index in [1.807, 2.05) is 23.1 Å². The molecule has 0 saturated carbocycles. The standard InChI is InChI=1S/C15H19N3O2S/c1-20-11-6-14(19)17-7-9-18(10-8-17)15-16-12-4-2-3-5-13(12)21-15/h2-5H,6-11H2,1H3. The Labute approximate surface area is 128 Å². The molecular formula is C15H19N3O2S. The molecule has 1 fully saturated rings. The lowest BCUT2D eigenvalue weighted by atomic mass is 10.3. The number of ether oxygens (including phenoxy) is 1. The van der Waals surface area contributed by atoms with E-state index in [4.69, 9.17) is 4.74 Å². The first kappa shape index (κ1) is 14.3. The minimum atomic E-state index is 0.181. The molecule has 3 rings (SSSR count). The van der Waals surface area contributed by atoms with E-state index >= 15 is 0 Å². The van der Waals surface area contributed by atoms with Gasteiger partial charge in [-0.25, -0.2) is 4.98 Å². The zero-order valence-electron chi connectivity index (χ0n) is 12.1. The molecule has 2 aromatic rings. The van der Waals surface area contributed by atoms with Crippen molar-refractivity contribution in [1.82, 2.24) is 9.88 Å². The number of rotatable bonds is 4. The first-order chi connectivity index (χ1) is 10.3. The van der Waals surface area contributed by atoms with Gasteiger partial charge in [-0.15, -0.1) is 0 Å². The number of para-hydroxylation sites is 1. The third kappa shape index (κ3) is 3.16. The molecule has 1 amide bonds. The zero-order chi connectivity index (χ0) is 14.7. The van der Waals surface area contributed by atoms with Crippen molar-refractivity contribution in [3.63, 3.8) is 0 Å². The molecule has 6 heteroatoms. The van der Waals surface area contributed by atoms with Gasteiger partial charge >= 0.3 is 0 Å². The monoisotopic (exact) mass is 305 g/mol. The molecule has 1 aromatic heterocycles. The molecular weight excluding hydrogens is 286 g/mol. The molecule has 0 spiro atoms. The fourth-order valence-electron chi connectivity index (χ4n) is 2.49. The van der Waals surface area contributed by atoms with E-state index in [-0.39, 0.29) is 5.91 Å². The Balaban J connectivity index is 1.61. The maximum absolute atomic E-state index is 12.0. The van der Waals surface area contributed by atoms with Gasteiger partial charge in [0.15, 0.2) is 5.13 Å². The summed E-state index contributed by atoms with van der Waals surface area (Å²) < 4.78 is 6.18. The molecule has 1 aliphatic rings.